The Labute approximate surface area is 132 Å². The molecular weight excluding hydrogens is 280 g/mol. The molecule has 0 bridgehead atoms. The van der Waals surface area contributed by atoms with Crippen LogP contribution in [0, 0.1) is 0 Å². The minimum absolute atomic E-state index is 0.0783. The second-order valence-corrected chi connectivity index (χ2v) is 7.76. The molecule has 1 aromatic rings. The molecule has 3 nitrogen and oxygen atoms in total. The summed E-state index contributed by atoms with van der Waals surface area (Å²) in [5.41, 5.74) is 1.06. The SMILES string of the molecule is CCCC1NC(c2ccccc2)C(=O)N1CC(C)(C)SC. The van der Waals surface area contributed by atoms with Gasteiger partial charge in [0.25, 0.3) is 0 Å². The van der Waals surface area contributed by atoms with E-state index in [9.17, 15) is 4.79 Å². The molecule has 0 aromatic heterocycles. The van der Waals surface area contributed by atoms with E-state index in [0.717, 1.165) is 24.9 Å². The number of benzene rings is 1. The van der Waals surface area contributed by atoms with Crippen molar-refractivity contribution in [3.63, 3.8) is 0 Å². The zero-order chi connectivity index (χ0) is 15.5. The van der Waals surface area contributed by atoms with Crippen LogP contribution in [0.25, 0.3) is 0 Å². The Morgan fingerprint density at radius 1 is 1.29 bits per heavy atom. The minimum atomic E-state index is -0.194. The van der Waals surface area contributed by atoms with Gasteiger partial charge in [-0.1, -0.05) is 43.7 Å². The number of rotatable bonds is 6. The Morgan fingerprint density at radius 3 is 2.52 bits per heavy atom. The summed E-state index contributed by atoms with van der Waals surface area (Å²) >= 11 is 1.81. The lowest BCUT2D eigenvalue weighted by molar-refractivity contribution is -0.130. The highest BCUT2D eigenvalue weighted by atomic mass is 32.2. The van der Waals surface area contributed by atoms with E-state index in [4.69, 9.17) is 0 Å². The van der Waals surface area contributed by atoms with Gasteiger partial charge in [0, 0.05) is 11.3 Å². The van der Waals surface area contributed by atoms with E-state index in [2.05, 4.69) is 32.3 Å². The van der Waals surface area contributed by atoms with Crippen LogP contribution in [0.4, 0.5) is 0 Å². The molecule has 0 aliphatic carbocycles. The van der Waals surface area contributed by atoms with Gasteiger partial charge in [0.1, 0.15) is 6.04 Å². The highest BCUT2D eigenvalue weighted by Gasteiger charge is 2.41. The summed E-state index contributed by atoms with van der Waals surface area (Å²) in [7, 11) is 0. The van der Waals surface area contributed by atoms with Crippen LogP contribution in [0.15, 0.2) is 30.3 Å². The van der Waals surface area contributed by atoms with Crippen molar-refractivity contribution >= 4 is 17.7 Å². The van der Waals surface area contributed by atoms with E-state index in [-0.39, 0.29) is 22.9 Å². The first-order valence-corrected chi connectivity index (χ1v) is 8.87. The molecule has 1 heterocycles. The molecule has 2 atom stereocenters. The monoisotopic (exact) mass is 306 g/mol. The van der Waals surface area contributed by atoms with Crippen molar-refractivity contribution in [3.8, 4) is 0 Å². The molecule has 1 saturated heterocycles. The molecule has 1 amide bonds. The smallest absolute Gasteiger partial charge is 0.245 e. The third-order valence-electron chi connectivity index (χ3n) is 4.06. The molecule has 1 aliphatic rings. The minimum Gasteiger partial charge on any atom is -0.324 e. The second-order valence-electron chi connectivity index (χ2n) is 6.24. The van der Waals surface area contributed by atoms with Gasteiger partial charge in [-0.3, -0.25) is 10.1 Å². The van der Waals surface area contributed by atoms with E-state index >= 15 is 0 Å². The van der Waals surface area contributed by atoms with E-state index < -0.39 is 0 Å². The molecule has 1 fully saturated rings. The molecule has 0 spiro atoms. The number of nitrogens with zero attached hydrogens (tertiary/aromatic N) is 1. The topological polar surface area (TPSA) is 32.3 Å². The van der Waals surface area contributed by atoms with E-state index in [1.54, 1.807) is 0 Å². The first-order valence-electron chi connectivity index (χ1n) is 7.65. The quantitative estimate of drug-likeness (QED) is 0.874. The molecule has 1 N–H and O–H groups in total. The molecule has 1 aliphatic heterocycles. The third-order valence-corrected chi connectivity index (χ3v) is 5.30. The molecule has 0 radical (unpaired) electrons. The van der Waals surface area contributed by atoms with Crippen molar-refractivity contribution in [2.45, 2.75) is 50.6 Å². The highest BCUT2D eigenvalue weighted by molar-refractivity contribution is 7.99. The number of amides is 1. The first kappa shape index (κ1) is 16.4. The normalized spacial score (nSPS) is 22.9. The predicted octanol–water partition coefficient (Wildman–Crippen LogP) is 3.43. The van der Waals surface area contributed by atoms with E-state index in [0.29, 0.717) is 0 Å². The number of thioether (sulfide) groups is 1. The zero-order valence-corrected chi connectivity index (χ0v) is 14.2. The second kappa shape index (κ2) is 6.84. The molecule has 4 heteroatoms. The largest absolute Gasteiger partial charge is 0.324 e. The van der Waals surface area contributed by atoms with Gasteiger partial charge in [-0.15, -0.1) is 0 Å². The zero-order valence-electron chi connectivity index (χ0n) is 13.4. The summed E-state index contributed by atoms with van der Waals surface area (Å²) < 4.78 is 0.0783. The Hall–Kier alpha value is -1.00. The Bertz CT molecular complexity index is 475. The summed E-state index contributed by atoms with van der Waals surface area (Å²) in [5.74, 6) is 0.210. The highest BCUT2D eigenvalue weighted by Crippen LogP contribution is 2.30. The van der Waals surface area contributed by atoms with E-state index in [1.807, 2.05) is 47.0 Å². The van der Waals surface area contributed by atoms with Crippen molar-refractivity contribution in [3.05, 3.63) is 35.9 Å². The van der Waals surface area contributed by atoms with Gasteiger partial charge in [0.2, 0.25) is 5.91 Å². The summed E-state index contributed by atoms with van der Waals surface area (Å²) in [4.78, 5) is 14.9. The summed E-state index contributed by atoms with van der Waals surface area (Å²) in [5, 5.41) is 3.52. The first-order chi connectivity index (χ1) is 9.98. The maximum absolute atomic E-state index is 12.8. The lowest BCUT2D eigenvalue weighted by Crippen LogP contribution is -2.44. The molecule has 0 saturated carbocycles. The third kappa shape index (κ3) is 3.80. The maximum atomic E-state index is 12.8. The average Bonchev–Trinajstić information content (AvgIpc) is 2.77. The summed E-state index contributed by atoms with van der Waals surface area (Å²) in [6.45, 7) is 7.35. The van der Waals surface area contributed by atoms with Gasteiger partial charge in [-0.2, -0.15) is 11.8 Å². The van der Waals surface area contributed by atoms with Crippen LogP contribution < -0.4 is 5.32 Å². The fraction of sp³-hybridized carbons (Fsp3) is 0.588. The van der Waals surface area contributed by atoms with Gasteiger partial charge < -0.3 is 4.90 Å². The van der Waals surface area contributed by atoms with Crippen LogP contribution in [0.2, 0.25) is 0 Å². The lowest BCUT2D eigenvalue weighted by Gasteiger charge is -2.32. The maximum Gasteiger partial charge on any atom is 0.245 e. The number of carbonyl (C=O) groups excluding carboxylic acids is 1. The van der Waals surface area contributed by atoms with Gasteiger partial charge in [0.15, 0.2) is 0 Å². The van der Waals surface area contributed by atoms with Crippen molar-refractivity contribution in [1.82, 2.24) is 10.2 Å². The Balaban J connectivity index is 2.20. The summed E-state index contributed by atoms with van der Waals surface area (Å²) in [6, 6.07) is 9.84. The van der Waals surface area contributed by atoms with Crippen LogP contribution in [0.1, 0.15) is 45.2 Å². The number of hydrogen-bond donors (Lipinski definition) is 1. The van der Waals surface area contributed by atoms with Gasteiger partial charge >= 0.3 is 0 Å². The molecule has 2 unspecified atom stereocenters. The average molecular weight is 306 g/mol. The van der Waals surface area contributed by atoms with Crippen LogP contribution >= 0.6 is 11.8 Å². The van der Waals surface area contributed by atoms with Crippen molar-refractivity contribution in [1.29, 1.82) is 0 Å². The van der Waals surface area contributed by atoms with Crippen LogP contribution in [0.5, 0.6) is 0 Å². The van der Waals surface area contributed by atoms with Crippen molar-refractivity contribution < 1.29 is 4.79 Å². The van der Waals surface area contributed by atoms with Crippen molar-refractivity contribution in [2.75, 3.05) is 12.8 Å². The van der Waals surface area contributed by atoms with Gasteiger partial charge in [-0.25, -0.2) is 0 Å². The molecular formula is C17H26N2OS. The number of nitrogens with one attached hydrogen (secondary N) is 1. The standard InChI is InChI=1S/C17H26N2OS/c1-5-9-14-18-15(13-10-7-6-8-11-13)16(20)19(14)12-17(2,3)21-4/h6-8,10-11,14-15,18H,5,9,12H2,1-4H3. The van der Waals surface area contributed by atoms with Crippen LogP contribution in [-0.2, 0) is 4.79 Å². The molecule has 116 valence electrons. The fourth-order valence-corrected chi connectivity index (χ4v) is 3.00. The Morgan fingerprint density at radius 2 is 1.95 bits per heavy atom. The van der Waals surface area contributed by atoms with Gasteiger partial charge in [0.05, 0.1) is 6.17 Å². The van der Waals surface area contributed by atoms with E-state index in [1.165, 1.54) is 0 Å². The van der Waals surface area contributed by atoms with Crippen LogP contribution in [0.3, 0.4) is 0 Å². The lowest BCUT2D eigenvalue weighted by atomic mass is 10.1. The Kier molecular flexibility index (Phi) is 5.33. The molecule has 1 aromatic carbocycles. The number of carbonyl (C=O) groups is 1. The molecule has 2 rings (SSSR count). The predicted molar refractivity (Wildman–Crippen MR) is 90.3 cm³/mol. The fourth-order valence-electron chi connectivity index (χ4n) is 2.73. The van der Waals surface area contributed by atoms with Crippen LogP contribution in [-0.4, -0.2) is 34.5 Å². The van der Waals surface area contributed by atoms with Crippen molar-refractivity contribution in [2.24, 2.45) is 0 Å². The number of hydrogen-bond acceptors (Lipinski definition) is 3. The van der Waals surface area contributed by atoms with Gasteiger partial charge in [-0.05, 0) is 32.1 Å². The summed E-state index contributed by atoms with van der Waals surface area (Å²) in [6.07, 6.45) is 4.33. The molecule has 21 heavy (non-hydrogen) atoms.